The van der Waals surface area contributed by atoms with Crippen molar-refractivity contribution in [2.24, 2.45) is 0 Å². The minimum absolute atomic E-state index is 0.129. The Bertz CT molecular complexity index is 1450. The second kappa shape index (κ2) is 9.77. The van der Waals surface area contributed by atoms with Gasteiger partial charge in [-0.1, -0.05) is 18.2 Å². The first kappa shape index (κ1) is 23.5. The molecular formula is C29H26FN3O3. The van der Waals surface area contributed by atoms with Crippen molar-refractivity contribution in [2.45, 2.75) is 32.9 Å². The summed E-state index contributed by atoms with van der Waals surface area (Å²) in [5.41, 5.74) is 4.86. The van der Waals surface area contributed by atoms with Gasteiger partial charge in [0.1, 0.15) is 17.7 Å². The van der Waals surface area contributed by atoms with Gasteiger partial charge in [0.25, 0.3) is 5.91 Å². The molecule has 0 aliphatic carbocycles. The van der Waals surface area contributed by atoms with E-state index in [0.29, 0.717) is 47.5 Å². The summed E-state index contributed by atoms with van der Waals surface area (Å²) in [7, 11) is 0. The van der Waals surface area contributed by atoms with E-state index in [1.807, 2.05) is 49.5 Å². The normalized spacial score (nSPS) is 14.2. The minimum atomic E-state index is -0.414. The molecule has 7 heteroatoms. The van der Waals surface area contributed by atoms with Gasteiger partial charge in [-0.05, 0) is 73.0 Å². The molecule has 0 saturated carbocycles. The van der Waals surface area contributed by atoms with Crippen LogP contribution >= 0.6 is 0 Å². The molecule has 2 heterocycles. The van der Waals surface area contributed by atoms with Gasteiger partial charge in [-0.3, -0.25) is 14.3 Å². The molecule has 0 spiro atoms. The molecule has 0 unspecified atom stereocenters. The number of aromatic nitrogens is 2. The maximum Gasteiger partial charge on any atom is 0.251 e. The van der Waals surface area contributed by atoms with Crippen LogP contribution < -0.4 is 10.1 Å². The maximum atomic E-state index is 14.8. The molecule has 4 aromatic rings. The number of carbonyl (C=O) groups excluding carboxylic acids is 2. The fraction of sp³-hybridized carbons (Fsp3) is 0.207. The lowest BCUT2D eigenvalue weighted by atomic mass is 9.95. The van der Waals surface area contributed by atoms with E-state index in [2.05, 4.69) is 10.4 Å². The van der Waals surface area contributed by atoms with Crippen LogP contribution in [0.15, 0.2) is 73.1 Å². The van der Waals surface area contributed by atoms with Gasteiger partial charge in [0.2, 0.25) is 0 Å². The molecule has 3 aromatic carbocycles. The van der Waals surface area contributed by atoms with Crippen LogP contribution in [0.2, 0.25) is 0 Å². The Kier molecular flexibility index (Phi) is 6.38. The molecule has 0 bridgehead atoms. The number of ether oxygens (including phenoxy) is 1. The van der Waals surface area contributed by atoms with Gasteiger partial charge in [0.05, 0.1) is 13.1 Å². The number of halogens is 1. The van der Waals surface area contributed by atoms with E-state index in [0.717, 1.165) is 16.7 Å². The van der Waals surface area contributed by atoms with E-state index in [-0.39, 0.29) is 17.8 Å². The average molecular weight is 484 g/mol. The van der Waals surface area contributed by atoms with Gasteiger partial charge in [-0.15, -0.1) is 0 Å². The zero-order chi connectivity index (χ0) is 25.2. The topological polar surface area (TPSA) is 73.2 Å². The molecule has 182 valence electrons. The monoisotopic (exact) mass is 483 g/mol. The first-order chi connectivity index (χ1) is 17.4. The van der Waals surface area contributed by atoms with Crippen LogP contribution in [0.1, 0.15) is 44.3 Å². The van der Waals surface area contributed by atoms with Crippen LogP contribution in [-0.4, -0.2) is 34.1 Å². The first-order valence-corrected chi connectivity index (χ1v) is 11.8. The molecular weight excluding hydrogens is 457 g/mol. The van der Waals surface area contributed by atoms with Crippen LogP contribution in [0.5, 0.6) is 5.75 Å². The summed E-state index contributed by atoms with van der Waals surface area (Å²) in [6.45, 7) is 4.30. The number of benzene rings is 3. The van der Waals surface area contributed by atoms with Crippen LogP contribution in [0, 0.1) is 12.7 Å². The fourth-order valence-corrected chi connectivity index (χ4v) is 4.56. The number of hydrogen-bond acceptors (Lipinski definition) is 4. The van der Waals surface area contributed by atoms with E-state index in [1.54, 1.807) is 23.0 Å². The van der Waals surface area contributed by atoms with Gasteiger partial charge in [-0.25, -0.2) is 4.39 Å². The van der Waals surface area contributed by atoms with Gasteiger partial charge >= 0.3 is 0 Å². The number of amides is 1. The maximum absolute atomic E-state index is 14.8. The summed E-state index contributed by atoms with van der Waals surface area (Å²) >= 11 is 0. The van der Waals surface area contributed by atoms with E-state index in [1.165, 1.54) is 19.1 Å². The zero-order valence-electron chi connectivity index (χ0n) is 20.1. The molecule has 1 aliphatic heterocycles. The Hall–Kier alpha value is -4.26. The smallest absolute Gasteiger partial charge is 0.251 e. The third-order valence-corrected chi connectivity index (χ3v) is 6.29. The van der Waals surface area contributed by atoms with Crippen molar-refractivity contribution in [1.29, 1.82) is 0 Å². The molecule has 0 saturated heterocycles. The molecule has 1 amide bonds. The number of carbonyl (C=O) groups is 2. The highest BCUT2D eigenvalue weighted by atomic mass is 19.1. The highest BCUT2D eigenvalue weighted by Gasteiger charge is 2.28. The van der Waals surface area contributed by atoms with Gasteiger partial charge < -0.3 is 10.1 Å². The Labute approximate surface area is 208 Å². The molecule has 1 aromatic heterocycles. The molecule has 0 fully saturated rings. The number of hydrogen-bond donors (Lipinski definition) is 1. The lowest BCUT2D eigenvalue weighted by Gasteiger charge is -2.15. The Morgan fingerprint density at radius 1 is 1.08 bits per heavy atom. The van der Waals surface area contributed by atoms with Crippen LogP contribution in [0.4, 0.5) is 4.39 Å². The second-order valence-electron chi connectivity index (χ2n) is 9.11. The Balaban J connectivity index is 1.30. The highest BCUT2D eigenvalue weighted by molar-refractivity contribution is 5.96. The zero-order valence-corrected chi connectivity index (χ0v) is 20.1. The van der Waals surface area contributed by atoms with E-state index < -0.39 is 5.82 Å². The van der Waals surface area contributed by atoms with Gasteiger partial charge in [0.15, 0.2) is 5.78 Å². The summed E-state index contributed by atoms with van der Waals surface area (Å²) in [4.78, 5) is 24.7. The van der Waals surface area contributed by atoms with Crippen molar-refractivity contribution in [2.75, 3.05) is 6.54 Å². The number of rotatable bonds is 7. The molecule has 5 rings (SSSR count). The largest absolute Gasteiger partial charge is 0.487 e. The average Bonchev–Trinajstić information content (AvgIpc) is 3.52. The van der Waals surface area contributed by atoms with Gasteiger partial charge in [0, 0.05) is 41.1 Å². The predicted octanol–water partition coefficient (Wildman–Crippen LogP) is 4.98. The molecule has 1 atom stereocenters. The Morgan fingerprint density at radius 2 is 1.94 bits per heavy atom. The Morgan fingerprint density at radius 3 is 2.72 bits per heavy atom. The van der Waals surface area contributed by atoms with E-state index in [4.69, 9.17) is 4.74 Å². The number of Topliss-reactive ketones (excluding diaryl/α,β-unsaturated/α-hetero) is 1. The summed E-state index contributed by atoms with van der Waals surface area (Å²) in [6, 6.07) is 17.6. The van der Waals surface area contributed by atoms with Gasteiger partial charge in [-0.2, -0.15) is 5.10 Å². The molecule has 1 aliphatic rings. The van der Waals surface area contributed by atoms with Crippen molar-refractivity contribution in [1.82, 2.24) is 15.1 Å². The molecule has 36 heavy (non-hydrogen) atoms. The predicted molar refractivity (Wildman–Crippen MR) is 135 cm³/mol. The number of ketones is 1. The number of aryl methyl sites for hydroxylation is 1. The number of fused-ring (bicyclic) bond motifs is 1. The summed E-state index contributed by atoms with van der Waals surface area (Å²) in [6.07, 6.45) is 3.91. The fourth-order valence-electron chi connectivity index (χ4n) is 4.56. The van der Waals surface area contributed by atoms with Crippen molar-refractivity contribution >= 4 is 11.7 Å². The summed E-state index contributed by atoms with van der Waals surface area (Å²) < 4.78 is 22.8. The van der Waals surface area contributed by atoms with Crippen molar-refractivity contribution in [3.8, 4) is 16.9 Å². The van der Waals surface area contributed by atoms with Crippen molar-refractivity contribution < 1.29 is 18.7 Å². The van der Waals surface area contributed by atoms with Crippen molar-refractivity contribution in [3.63, 3.8) is 0 Å². The van der Waals surface area contributed by atoms with E-state index in [9.17, 15) is 14.0 Å². The van der Waals surface area contributed by atoms with Crippen molar-refractivity contribution in [3.05, 3.63) is 107 Å². The van der Waals surface area contributed by atoms with Crippen LogP contribution in [-0.2, 0) is 13.0 Å². The minimum Gasteiger partial charge on any atom is -0.487 e. The molecule has 1 N–H and O–H groups in total. The number of nitrogens with zero attached hydrogens (tertiary/aromatic N) is 2. The van der Waals surface area contributed by atoms with E-state index >= 15 is 0 Å². The summed E-state index contributed by atoms with van der Waals surface area (Å²) in [5, 5.41) is 7.17. The van der Waals surface area contributed by atoms with Crippen LogP contribution in [0.25, 0.3) is 11.1 Å². The highest BCUT2D eigenvalue weighted by Crippen LogP contribution is 2.41. The quantitative estimate of drug-likeness (QED) is 0.376. The first-order valence-electron chi connectivity index (χ1n) is 11.8. The molecule has 0 radical (unpaired) electrons. The lowest BCUT2D eigenvalue weighted by molar-refractivity contribution is 0.0933. The molecule has 6 nitrogen and oxygen atoms in total. The third kappa shape index (κ3) is 4.91. The summed E-state index contributed by atoms with van der Waals surface area (Å²) in [5.74, 6) is -0.131. The SMILES string of the molecule is CC(=O)c1ccc(F)c(-c2cc(C)cc3c2O[C@@H](CNC(=O)c2cccc(Cn4cccn4)c2)C3)c1. The standard InChI is InChI=1S/C29H26FN3O3/c1-18-11-23-14-24(36-28(23)26(12-18)25-15-21(19(2)34)7-8-27(25)30)16-31-29(35)22-6-3-5-20(13-22)17-33-10-4-9-32-33/h3-13,15,24H,14,16-17H2,1-2H3,(H,31,35)/t24-/m1/s1. The number of nitrogens with one attached hydrogen (secondary N) is 1. The lowest BCUT2D eigenvalue weighted by Crippen LogP contribution is -2.34. The third-order valence-electron chi connectivity index (χ3n) is 6.29. The second-order valence-corrected chi connectivity index (χ2v) is 9.11. The van der Waals surface area contributed by atoms with Crippen LogP contribution in [0.3, 0.4) is 0 Å².